The van der Waals surface area contributed by atoms with E-state index in [-0.39, 0.29) is 17.1 Å². The van der Waals surface area contributed by atoms with Gasteiger partial charge in [0.15, 0.2) is 11.5 Å². The molecule has 0 radical (unpaired) electrons. The molecule has 0 bridgehead atoms. The van der Waals surface area contributed by atoms with Gasteiger partial charge in [0.05, 0.1) is 19.8 Å². The Hall–Kier alpha value is -3.62. The van der Waals surface area contributed by atoms with Gasteiger partial charge < -0.3 is 24.1 Å². The van der Waals surface area contributed by atoms with E-state index >= 15 is 0 Å². The lowest BCUT2D eigenvalue weighted by Gasteiger charge is -2.21. The van der Waals surface area contributed by atoms with Crippen LogP contribution in [0.1, 0.15) is 27.8 Å². The molecule has 1 unspecified atom stereocenters. The van der Waals surface area contributed by atoms with E-state index in [1.54, 1.807) is 55.4 Å². The van der Waals surface area contributed by atoms with Crippen molar-refractivity contribution < 1.29 is 27.8 Å². The number of nitrogens with one attached hydrogen (secondary N) is 1. The standard InChI is InChI=1S/C21H21F2N3O4/c1-26-12-11-24-19(26)17(13-7-9-14(28-2)10-8-13)25-20(27)15-5-4-6-16(29-3)18(15)30-21(22)23/h4-12,17,21H,1-3H3,(H,25,27). The molecule has 0 aliphatic heterocycles. The van der Waals surface area contributed by atoms with E-state index in [1.807, 2.05) is 0 Å². The van der Waals surface area contributed by atoms with Crippen LogP contribution in [-0.2, 0) is 7.05 Å². The summed E-state index contributed by atoms with van der Waals surface area (Å²) < 4.78 is 42.4. The number of amides is 1. The number of aromatic nitrogens is 2. The van der Waals surface area contributed by atoms with Gasteiger partial charge in [0.25, 0.3) is 5.91 Å². The zero-order valence-corrected chi connectivity index (χ0v) is 16.6. The van der Waals surface area contributed by atoms with Crippen LogP contribution in [0, 0.1) is 0 Å². The van der Waals surface area contributed by atoms with E-state index in [9.17, 15) is 13.6 Å². The summed E-state index contributed by atoms with van der Waals surface area (Å²) in [5, 5.41) is 2.85. The second kappa shape index (κ2) is 9.25. The molecule has 1 atom stereocenters. The Morgan fingerprint density at radius 2 is 1.83 bits per heavy atom. The number of methoxy groups -OCH3 is 2. The molecule has 0 aliphatic carbocycles. The second-order valence-electron chi connectivity index (χ2n) is 6.29. The first-order chi connectivity index (χ1) is 14.4. The Bertz CT molecular complexity index is 1010. The second-order valence-corrected chi connectivity index (χ2v) is 6.29. The molecule has 158 valence electrons. The maximum absolute atomic E-state index is 13.1. The zero-order chi connectivity index (χ0) is 21.7. The Morgan fingerprint density at radius 1 is 1.10 bits per heavy atom. The molecule has 1 heterocycles. The molecular weight excluding hydrogens is 396 g/mol. The normalized spacial score (nSPS) is 11.8. The Balaban J connectivity index is 1.99. The van der Waals surface area contributed by atoms with E-state index in [1.165, 1.54) is 25.3 Å². The van der Waals surface area contributed by atoms with Crippen molar-refractivity contribution in [2.75, 3.05) is 14.2 Å². The van der Waals surface area contributed by atoms with Gasteiger partial charge >= 0.3 is 6.61 Å². The highest BCUT2D eigenvalue weighted by Gasteiger charge is 2.25. The first-order valence-electron chi connectivity index (χ1n) is 8.98. The third-order valence-corrected chi connectivity index (χ3v) is 4.49. The number of aryl methyl sites for hydroxylation is 1. The van der Waals surface area contributed by atoms with Crippen LogP contribution in [0.3, 0.4) is 0 Å². The van der Waals surface area contributed by atoms with Gasteiger partial charge in [0.2, 0.25) is 0 Å². The minimum Gasteiger partial charge on any atom is -0.497 e. The molecule has 0 spiro atoms. The van der Waals surface area contributed by atoms with Gasteiger partial charge in [0.1, 0.15) is 17.6 Å². The third kappa shape index (κ3) is 4.51. The van der Waals surface area contributed by atoms with E-state index in [2.05, 4.69) is 15.0 Å². The lowest BCUT2D eigenvalue weighted by atomic mass is 10.0. The monoisotopic (exact) mass is 417 g/mol. The van der Waals surface area contributed by atoms with Gasteiger partial charge in [-0.05, 0) is 29.8 Å². The van der Waals surface area contributed by atoms with Crippen LogP contribution in [-0.4, -0.2) is 36.3 Å². The summed E-state index contributed by atoms with van der Waals surface area (Å²) in [5.74, 6) is 0.298. The van der Waals surface area contributed by atoms with Crippen molar-refractivity contribution in [3.63, 3.8) is 0 Å². The molecule has 3 rings (SSSR count). The quantitative estimate of drug-likeness (QED) is 0.607. The molecule has 7 nitrogen and oxygen atoms in total. The van der Waals surface area contributed by atoms with Crippen LogP contribution in [0.15, 0.2) is 54.9 Å². The number of ether oxygens (including phenoxy) is 3. The predicted molar refractivity (Wildman–Crippen MR) is 105 cm³/mol. The lowest BCUT2D eigenvalue weighted by Crippen LogP contribution is -2.31. The molecule has 1 aromatic heterocycles. The van der Waals surface area contributed by atoms with Gasteiger partial charge in [-0.2, -0.15) is 8.78 Å². The minimum absolute atomic E-state index is 0.0286. The molecule has 0 saturated heterocycles. The molecule has 0 fully saturated rings. The fraction of sp³-hybridized carbons (Fsp3) is 0.238. The molecular formula is C21H21F2N3O4. The molecule has 0 aliphatic rings. The van der Waals surface area contributed by atoms with Crippen molar-refractivity contribution in [2.24, 2.45) is 7.05 Å². The number of rotatable bonds is 8. The molecule has 0 saturated carbocycles. The number of carbonyl (C=O) groups excluding carboxylic acids is 1. The summed E-state index contributed by atoms with van der Waals surface area (Å²) >= 11 is 0. The Kier molecular flexibility index (Phi) is 6.51. The maximum Gasteiger partial charge on any atom is 0.387 e. The molecule has 1 amide bonds. The number of halogens is 2. The lowest BCUT2D eigenvalue weighted by molar-refractivity contribution is -0.0515. The number of alkyl halides is 2. The van der Waals surface area contributed by atoms with Gasteiger partial charge in [-0.15, -0.1) is 0 Å². The topological polar surface area (TPSA) is 74.6 Å². The summed E-state index contributed by atoms with van der Waals surface area (Å²) in [6.45, 7) is -3.11. The number of carbonyl (C=O) groups is 1. The van der Waals surface area contributed by atoms with Gasteiger partial charge in [-0.25, -0.2) is 4.98 Å². The first kappa shape index (κ1) is 21.1. The van der Waals surface area contributed by atoms with Gasteiger partial charge in [-0.1, -0.05) is 18.2 Å². The zero-order valence-electron chi connectivity index (χ0n) is 16.6. The maximum atomic E-state index is 13.1. The van der Waals surface area contributed by atoms with Gasteiger partial charge in [-0.3, -0.25) is 4.79 Å². The first-order valence-corrected chi connectivity index (χ1v) is 8.98. The van der Waals surface area contributed by atoms with Crippen LogP contribution in [0.25, 0.3) is 0 Å². The average molecular weight is 417 g/mol. The van der Waals surface area contributed by atoms with E-state index in [0.29, 0.717) is 11.6 Å². The number of para-hydroxylation sites is 1. The Labute approximate surface area is 172 Å². The van der Waals surface area contributed by atoms with Crippen molar-refractivity contribution in [3.05, 3.63) is 71.8 Å². The van der Waals surface area contributed by atoms with Crippen molar-refractivity contribution in [2.45, 2.75) is 12.7 Å². The van der Waals surface area contributed by atoms with Crippen molar-refractivity contribution in [1.82, 2.24) is 14.9 Å². The highest BCUT2D eigenvalue weighted by molar-refractivity contribution is 5.98. The smallest absolute Gasteiger partial charge is 0.387 e. The summed E-state index contributed by atoms with van der Waals surface area (Å²) in [7, 11) is 4.66. The Morgan fingerprint density at radius 3 is 2.40 bits per heavy atom. The molecule has 1 N–H and O–H groups in total. The third-order valence-electron chi connectivity index (χ3n) is 4.49. The fourth-order valence-corrected chi connectivity index (χ4v) is 3.02. The molecule has 3 aromatic rings. The van der Waals surface area contributed by atoms with Crippen LogP contribution in [0.2, 0.25) is 0 Å². The average Bonchev–Trinajstić information content (AvgIpc) is 3.17. The SMILES string of the molecule is COc1ccc(C(NC(=O)c2cccc(OC)c2OC(F)F)c2nccn2C)cc1. The summed E-state index contributed by atoms with van der Waals surface area (Å²) in [6.07, 6.45) is 3.35. The number of imidazole rings is 1. The van der Waals surface area contributed by atoms with Crippen LogP contribution in [0.5, 0.6) is 17.2 Å². The van der Waals surface area contributed by atoms with E-state index in [0.717, 1.165) is 5.56 Å². The van der Waals surface area contributed by atoms with Crippen LogP contribution >= 0.6 is 0 Å². The number of nitrogens with zero attached hydrogens (tertiary/aromatic N) is 2. The van der Waals surface area contributed by atoms with Crippen molar-refractivity contribution >= 4 is 5.91 Å². The number of hydrogen-bond donors (Lipinski definition) is 1. The van der Waals surface area contributed by atoms with Crippen LogP contribution < -0.4 is 19.5 Å². The minimum atomic E-state index is -3.11. The summed E-state index contributed by atoms with van der Waals surface area (Å²) in [6, 6.07) is 10.8. The molecule has 2 aromatic carbocycles. The fourth-order valence-electron chi connectivity index (χ4n) is 3.02. The van der Waals surface area contributed by atoms with E-state index in [4.69, 9.17) is 9.47 Å². The summed E-state index contributed by atoms with van der Waals surface area (Å²) in [5.41, 5.74) is 0.653. The predicted octanol–water partition coefficient (Wildman–Crippen LogP) is 3.56. The largest absolute Gasteiger partial charge is 0.497 e. The van der Waals surface area contributed by atoms with E-state index < -0.39 is 18.6 Å². The number of benzene rings is 2. The summed E-state index contributed by atoms with van der Waals surface area (Å²) in [4.78, 5) is 17.4. The van der Waals surface area contributed by atoms with Crippen LogP contribution in [0.4, 0.5) is 8.78 Å². The highest BCUT2D eigenvalue weighted by Crippen LogP contribution is 2.33. The number of hydrogen-bond acceptors (Lipinski definition) is 5. The van der Waals surface area contributed by atoms with Gasteiger partial charge in [0, 0.05) is 19.4 Å². The highest BCUT2D eigenvalue weighted by atomic mass is 19.3. The van der Waals surface area contributed by atoms with Crippen molar-refractivity contribution in [1.29, 1.82) is 0 Å². The van der Waals surface area contributed by atoms with Crippen molar-refractivity contribution in [3.8, 4) is 17.2 Å². The molecule has 9 heteroatoms. The molecule has 30 heavy (non-hydrogen) atoms.